The van der Waals surface area contributed by atoms with Crippen molar-refractivity contribution in [3.63, 3.8) is 0 Å². The first-order valence-electron chi connectivity index (χ1n) is 8.13. The summed E-state index contributed by atoms with van der Waals surface area (Å²) in [6, 6.07) is 11.1. The molecule has 0 aliphatic rings. The number of rotatable bonds is 7. The maximum Gasteiger partial charge on any atom is 0.251 e. The van der Waals surface area contributed by atoms with Gasteiger partial charge in [-0.2, -0.15) is 0 Å². The summed E-state index contributed by atoms with van der Waals surface area (Å²) in [6.45, 7) is 1.38. The zero-order valence-corrected chi connectivity index (χ0v) is 14.4. The van der Waals surface area contributed by atoms with Crippen LogP contribution in [-0.2, 0) is 6.54 Å². The lowest BCUT2D eigenvalue weighted by Gasteiger charge is -2.10. The van der Waals surface area contributed by atoms with Gasteiger partial charge in [0.15, 0.2) is 11.5 Å². The van der Waals surface area contributed by atoms with E-state index in [-0.39, 0.29) is 5.91 Å². The molecule has 2 heterocycles. The van der Waals surface area contributed by atoms with E-state index in [1.807, 2.05) is 24.4 Å². The van der Waals surface area contributed by atoms with Gasteiger partial charge >= 0.3 is 0 Å². The van der Waals surface area contributed by atoms with Crippen molar-refractivity contribution in [3.05, 3.63) is 54.4 Å². The van der Waals surface area contributed by atoms with Crippen LogP contribution in [0.2, 0.25) is 0 Å². The summed E-state index contributed by atoms with van der Waals surface area (Å²) >= 11 is 0. The highest BCUT2D eigenvalue weighted by Crippen LogP contribution is 2.27. The lowest BCUT2D eigenvalue weighted by molar-refractivity contribution is 0.0952. The van der Waals surface area contributed by atoms with Crippen LogP contribution in [-0.4, -0.2) is 36.2 Å². The highest BCUT2D eigenvalue weighted by Gasteiger charge is 2.10. The first-order chi connectivity index (χ1) is 12.2. The average Bonchev–Trinajstić information content (AvgIpc) is 3.07. The standard InChI is InChI=1S/C19H21N3O3/c1-24-16-7-6-15(13-17(16)25-2)19(23)21-10-4-11-22-12-8-14-5-3-9-20-18(14)22/h3,5-9,12-13H,4,10-11H2,1-2H3,(H,21,23). The van der Waals surface area contributed by atoms with E-state index in [2.05, 4.69) is 14.9 Å². The molecule has 3 aromatic rings. The number of nitrogens with zero attached hydrogens (tertiary/aromatic N) is 2. The molecule has 0 spiro atoms. The summed E-state index contributed by atoms with van der Waals surface area (Å²) in [6.07, 6.45) is 4.63. The molecular weight excluding hydrogens is 318 g/mol. The van der Waals surface area contributed by atoms with Gasteiger partial charge in [-0.25, -0.2) is 4.98 Å². The number of carbonyl (C=O) groups excluding carboxylic acids is 1. The van der Waals surface area contributed by atoms with E-state index in [1.165, 1.54) is 0 Å². The molecule has 0 radical (unpaired) electrons. The lowest BCUT2D eigenvalue weighted by Crippen LogP contribution is -2.25. The van der Waals surface area contributed by atoms with Gasteiger partial charge in [-0.15, -0.1) is 0 Å². The number of hydrogen-bond acceptors (Lipinski definition) is 4. The summed E-state index contributed by atoms with van der Waals surface area (Å²) in [4.78, 5) is 16.6. The minimum Gasteiger partial charge on any atom is -0.493 e. The molecule has 130 valence electrons. The summed E-state index contributed by atoms with van der Waals surface area (Å²) in [5.41, 5.74) is 1.51. The van der Waals surface area contributed by atoms with Gasteiger partial charge in [-0.3, -0.25) is 4.79 Å². The highest BCUT2D eigenvalue weighted by atomic mass is 16.5. The van der Waals surface area contributed by atoms with Gasteiger partial charge in [0.1, 0.15) is 5.65 Å². The van der Waals surface area contributed by atoms with E-state index in [0.717, 1.165) is 24.0 Å². The molecule has 6 heteroatoms. The molecule has 0 saturated heterocycles. The minimum absolute atomic E-state index is 0.128. The molecule has 3 rings (SSSR count). The van der Waals surface area contributed by atoms with Crippen LogP contribution in [0.25, 0.3) is 11.0 Å². The largest absolute Gasteiger partial charge is 0.493 e. The van der Waals surface area contributed by atoms with Crippen LogP contribution in [0.4, 0.5) is 0 Å². The number of methoxy groups -OCH3 is 2. The normalized spacial score (nSPS) is 10.6. The summed E-state index contributed by atoms with van der Waals surface area (Å²) in [5, 5.41) is 4.05. The first kappa shape index (κ1) is 16.8. The number of carbonyl (C=O) groups is 1. The SMILES string of the molecule is COc1ccc(C(=O)NCCCn2ccc3cccnc32)cc1OC. The second-order valence-corrected chi connectivity index (χ2v) is 5.60. The van der Waals surface area contributed by atoms with Crippen LogP contribution in [0, 0.1) is 0 Å². The molecule has 25 heavy (non-hydrogen) atoms. The second kappa shape index (κ2) is 7.70. The van der Waals surface area contributed by atoms with E-state index in [4.69, 9.17) is 9.47 Å². The lowest BCUT2D eigenvalue weighted by atomic mass is 10.2. The van der Waals surface area contributed by atoms with E-state index in [0.29, 0.717) is 23.6 Å². The molecule has 0 atom stereocenters. The molecule has 0 saturated carbocycles. The van der Waals surface area contributed by atoms with Crippen molar-refractivity contribution in [1.29, 1.82) is 0 Å². The molecule has 1 N–H and O–H groups in total. The number of nitrogens with one attached hydrogen (secondary N) is 1. The number of amides is 1. The van der Waals surface area contributed by atoms with E-state index in [1.54, 1.807) is 38.6 Å². The third kappa shape index (κ3) is 3.74. The van der Waals surface area contributed by atoms with Crippen molar-refractivity contribution in [3.8, 4) is 11.5 Å². The molecule has 0 aliphatic carbocycles. The Morgan fingerprint density at radius 2 is 2.00 bits per heavy atom. The van der Waals surface area contributed by atoms with Crippen LogP contribution in [0.15, 0.2) is 48.8 Å². The second-order valence-electron chi connectivity index (χ2n) is 5.60. The van der Waals surface area contributed by atoms with Crippen molar-refractivity contribution in [1.82, 2.24) is 14.9 Å². The zero-order chi connectivity index (χ0) is 17.6. The molecule has 1 aromatic carbocycles. The van der Waals surface area contributed by atoms with E-state index in [9.17, 15) is 4.79 Å². The monoisotopic (exact) mass is 339 g/mol. The molecule has 0 fully saturated rings. The van der Waals surface area contributed by atoms with Gasteiger partial charge in [-0.1, -0.05) is 0 Å². The fraction of sp³-hybridized carbons (Fsp3) is 0.263. The topological polar surface area (TPSA) is 65.4 Å². The van der Waals surface area contributed by atoms with Crippen molar-refractivity contribution >= 4 is 16.9 Å². The van der Waals surface area contributed by atoms with Crippen molar-refractivity contribution < 1.29 is 14.3 Å². The predicted octanol–water partition coefficient (Wildman–Crippen LogP) is 2.87. The van der Waals surface area contributed by atoms with Gasteiger partial charge in [0.2, 0.25) is 0 Å². The van der Waals surface area contributed by atoms with Crippen LogP contribution in [0.3, 0.4) is 0 Å². The minimum atomic E-state index is -0.128. The molecule has 0 bridgehead atoms. The molecule has 0 aliphatic heterocycles. The summed E-state index contributed by atoms with van der Waals surface area (Å²) in [7, 11) is 3.12. The maximum atomic E-state index is 12.3. The van der Waals surface area contributed by atoms with Gasteiger partial charge in [-0.05, 0) is 42.8 Å². The fourth-order valence-corrected chi connectivity index (χ4v) is 2.73. The molecular formula is C19H21N3O3. The third-order valence-corrected chi connectivity index (χ3v) is 4.03. The Bertz CT molecular complexity index is 873. The Kier molecular flexibility index (Phi) is 5.18. The fourth-order valence-electron chi connectivity index (χ4n) is 2.73. The molecule has 0 unspecified atom stereocenters. The Labute approximate surface area is 146 Å². The van der Waals surface area contributed by atoms with Crippen molar-refractivity contribution in [2.45, 2.75) is 13.0 Å². The number of hydrogen-bond donors (Lipinski definition) is 1. The van der Waals surface area contributed by atoms with Crippen LogP contribution < -0.4 is 14.8 Å². The van der Waals surface area contributed by atoms with Crippen LogP contribution in [0.1, 0.15) is 16.8 Å². The van der Waals surface area contributed by atoms with Gasteiger partial charge in [0, 0.05) is 36.4 Å². The van der Waals surface area contributed by atoms with Crippen LogP contribution in [0.5, 0.6) is 11.5 Å². The number of pyridine rings is 1. The number of fused-ring (bicyclic) bond motifs is 1. The molecule has 2 aromatic heterocycles. The average molecular weight is 339 g/mol. The number of aromatic nitrogens is 2. The first-order valence-corrected chi connectivity index (χ1v) is 8.13. The van der Waals surface area contributed by atoms with E-state index >= 15 is 0 Å². The number of ether oxygens (including phenoxy) is 2. The maximum absolute atomic E-state index is 12.3. The van der Waals surface area contributed by atoms with Gasteiger partial charge in [0.05, 0.1) is 14.2 Å². The Morgan fingerprint density at radius 3 is 2.80 bits per heavy atom. The Morgan fingerprint density at radius 1 is 1.16 bits per heavy atom. The Balaban J connectivity index is 1.54. The predicted molar refractivity (Wildman–Crippen MR) is 96.2 cm³/mol. The van der Waals surface area contributed by atoms with Crippen LogP contribution >= 0.6 is 0 Å². The third-order valence-electron chi connectivity index (χ3n) is 4.03. The highest BCUT2D eigenvalue weighted by molar-refractivity contribution is 5.94. The molecule has 6 nitrogen and oxygen atoms in total. The zero-order valence-electron chi connectivity index (χ0n) is 14.4. The van der Waals surface area contributed by atoms with Gasteiger partial charge < -0.3 is 19.4 Å². The van der Waals surface area contributed by atoms with E-state index < -0.39 is 0 Å². The summed E-state index contributed by atoms with van der Waals surface area (Å²) < 4.78 is 12.5. The quantitative estimate of drug-likeness (QED) is 0.672. The van der Waals surface area contributed by atoms with Crippen molar-refractivity contribution in [2.75, 3.05) is 20.8 Å². The smallest absolute Gasteiger partial charge is 0.251 e. The number of aryl methyl sites for hydroxylation is 1. The molecule has 1 amide bonds. The van der Waals surface area contributed by atoms with Crippen molar-refractivity contribution in [2.24, 2.45) is 0 Å². The van der Waals surface area contributed by atoms with Gasteiger partial charge in [0.25, 0.3) is 5.91 Å². The summed E-state index contributed by atoms with van der Waals surface area (Å²) in [5.74, 6) is 1.02. The number of benzene rings is 1. The Hall–Kier alpha value is -3.02.